The van der Waals surface area contributed by atoms with Gasteiger partial charge in [0, 0.05) is 17.3 Å². The van der Waals surface area contributed by atoms with Crippen LogP contribution in [-0.2, 0) is 0 Å². The van der Waals surface area contributed by atoms with Gasteiger partial charge in [-0.1, -0.05) is 12.1 Å². The molecule has 0 radical (unpaired) electrons. The van der Waals surface area contributed by atoms with Crippen LogP contribution in [0.25, 0.3) is 22.6 Å². The molecule has 0 unspecified atom stereocenters. The summed E-state index contributed by atoms with van der Waals surface area (Å²) in [5.74, 6) is 1.15. The number of aromatic carboxylic acids is 1. The normalized spacial score (nSPS) is 10.7. The summed E-state index contributed by atoms with van der Waals surface area (Å²) in [5, 5.41) is 12.3. The highest BCUT2D eigenvalue weighted by Crippen LogP contribution is 2.32. The summed E-state index contributed by atoms with van der Waals surface area (Å²) in [5.41, 5.74) is 2.74. The van der Waals surface area contributed by atoms with Gasteiger partial charge in [0.25, 0.3) is 0 Å². The maximum Gasteiger partial charge on any atom is 0.335 e. The fraction of sp³-hybridized carbons (Fsp3) is 0.100. The molecule has 9 heteroatoms. The number of nitrogens with one attached hydrogen (secondary N) is 2. The monoisotopic (exact) mass is 391 g/mol. The first-order valence-electron chi connectivity index (χ1n) is 8.63. The first-order chi connectivity index (χ1) is 14.1. The van der Waals surface area contributed by atoms with E-state index in [1.165, 1.54) is 18.5 Å². The number of rotatable bonds is 6. The zero-order valence-corrected chi connectivity index (χ0v) is 15.6. The molecule has 0 aliphatic heterocycles. The number of carbonyl (C=O) groups is 1. The summed E-state index contributed by atoms with van der Waals surface area (Å²) in [6.07, 6.45) is 1.54. The third-order valence-electron chi connectivity index (χ3n) is 4.32. The molecule has 0 atom stereocenters. The lowest BCUT2D eigenvalue weighted by molar-refractivity contribution is 0.0697. The summed E-state index contributed by atoms with van der Waals surface area (Å²) in [6, 6.07) is 11.8. The first kappa shape index (κ1) is 18.2. The fourth-order valence-corrected chi connectivity index (χ4v) is 2.87. The summed E-state index contributed by atoms with van der Waals surface area (Å²) in [7, 11) is 3.14. The number of imidazole rings is 1. The molecule has 0 saturated carbocycles. The van der Waals surface area contributed by atoms with Crippen LogP contribution in [0.4, 0.5) is 11.5 Å². The Balaban J connectivity index is 1.74. The first-order valence-corrected chi connectivity index (χ1v) is 8.63. The number of methoxy groups -OCH3 is 2. The number of fused-ring (bicyclic) bond motifs is 1. The molecule has 0 bridgehead atoms. The third-order valence-corrected chi connectivity index (χ3v) is 4.32. The molecule has 29 heavy (non-hydrogen) atoms. The number of nitrogens with zero attached hydrogens (tertiary/aromatic N) is 3. The number of carboxylic acid groups (broad SMARTS) is 1. The third kappa shape index (κ3) is 3.53. The second-order valence-electron chi connectivity index (χ2n) is 6.07. The SMILES string of the molecule is COc1ccc(Nc2nc(-c3ccc(C(=O)O)cc3)nc3nc[nH]c23)cc1OC. The maximum absolute atomic E-state index is 11.1. The minimum atomic E-state index is -0.990. The molecule has 2 aromatic heterocycles. The van der Waals surface area contributed by atoms with E-state index < -0.39 is 5.97 Å². The van der Waals surface area contributed by atoms with Crippen molar-refractivity contribution in [2.75, 3.05) is 19.5 Å². The van der Waals surface area contributed by atoms with Crippen LogP contribution in [0.2, 0.25) is 0 Å². The van der Waals surface area contributed by atoms with Crippen LogP contribution in [0.15, 0.2) is 48.8 Å². The molecule has 0 aliphatic rings. The zero-order valence-electron chi connectivity index (χ0n) is 15.6. The summed E-state index contributed by atoms with van der Waals surface area (Å²) >= 11 is 0. The van der Waals surface area contributed by atoms with Crippen molar-refractivity contribution in [1.82, 2.24) is 19.9 Å². The predicted molar refractivity (Wildman–Crippen MR) is 107 cm³/mol. The predicted octanol–water partition coefficient (Wildman–Crippen LogP) is 3.48. The zero-order chi connectivity index (χ0) is 20.4. The van der Waals surface area contributed by atoms with Gasteiger partial charge >= 0.3 is 5.97 Å². The number of anilines is 2. The number of ether oxygens (including phenoxy) is 2. The Morgan fingerprint density at radius 3 is 2.48 bits per heavy atom. The van der Waals surface area contributed by atoms with Crippen LogP contribution in [0.1, 0.15) is 10.4 Å². The molecule has 9 nitrogen and oxygen atoms in total. The van der Waals surface area contributed by atoms with Crippen molar-refractivity contribution >= 4 is 28.6 Å². The van der Waals surface area contributed by atoms with Crippen molar-refractivity contribution in [2.24, 2.45) is 0 Å². The molecule has 146 valence electrons. The highest BCUT2D eigenvalue weighted by Gasteiger charge is 2.13. The van der Waals surface area contributed by atoms with Crippen molar-refractivity contribution in [1.29, 1.82) is 0 Å². The summed E-state index contributed by atoms with van der Waals surface area (Å²) in [6.45, 7) is 0. The largest absolute Gasteiger partial charge is 0.493 e. The van der Waals surface area contributed by atoms with Gasteiger partial charge in [0.15, 0.2) is 28.8 Å². The molecule has 0 saturated heterocycles. The minimum Gasteiger partial charge on any atom is -0.493 e. The van der Waals surface area contributed by atoms with Crippen molar-refractivity contribution in [3.05, 3.63) is 54.4 Å². The van der Waals surface area contributed by atoms with E-state index in [0.717, 1.165) is 5.69 Å². The van der Waals surface area contributed by atoms with E-state index in [4.69, 9.17) is 14.6 Å². The maximum atomic E-state index is 11.1. The number of hydrogen-bond donors (Lipinski definition) is 3. The van der Waals surface area contributed by atoms with Gasteiger partial charge in [-0.3, -0.25) is 0 Å². The minimum absolute atomic E-state index is 0.193. The van der Waals surface area contributed by atoms with Crippen LogP contribution in [0, 0.1) is 0 Å². The molecule has 4 rings (SSSR count). The molecule has 0 spiro atoms. The van der Waals surface area contributed by atoms with E-state index in [2.05, 4.69) is 25.3 Å². The molecule has 0 fully saturated rings. The lowest BCUT2D eigenvalue weighted by Gasteiger charge is -2.12. The number of aromatic amines is 1. The lowest BCUT2D eigenvalue weighted by atomic mass is 10.1. The van der Waals surface area contributed by atoms with Gasteiger partial charge in [0.1, 0.15) is 5.52 Å². The van der Waals surface area contributed by atoms with Gasteiger partial charge in [-0.15, -0.1) is 0 Å². The van der Waals surface area contributed by atoms with Crippen molar-refractivity contribution in [3.8, 4) is 22.9 Å². The summed E-state index contributed by atoms with van der Waals surface area (Å²) < 4.78 is 10.6. The van der Waals surface area contributed by atoms with Gasteiger partial charge in [-0.25, -0.2) is 19.7 Å². The molecule has 2 heterocycles. The van der Waals surface area contributed by atoms with Gasteiger partial charge < -0.3 is 24.9 Å². The second kappa shape index (κ2) is 7.47. The Labute approximate surface area is 165 Å². The molecular formula is C20H17N5O4. The number of benzene rings is 2. The average molecular weight is 391 g/mol. The van der Waals surface area contributed by atoms with Crippen molar-refractivity contribution in [2.45, 2.75) is 0 Å². The molecule has 3 N–H and O–H groups in total. The Kier molecular flexibility index (Phi) is 4.70. The number of carboxylic acids is 1. The molecule has 4 aromatic rings. The van der Waals surface area contributed by atoms with E-state index in [9.17, 15) is 4.79 Å². The number of hydrogen-bond acceptors (Lipinski definition) is 7. The topological polar surface area (TPSA) is 122 Å². The molecule has 0 aliphatic carbocycles. The number of aromatic nitrogens is 4. The highest BCUT2D eigenvalue weighted by atomic mass is 16.5. The smallest absolute Gasteiger partial charge is 0.335 e. The van der Waals surface area contributed by atoms with Crippen molar-refractivity contribution in [3.63, 3.8) is 0 Å². The van der Waals surface area contributed by atoms with E-state index in [1.54, 1.807) is 38.5 Å². The van der Waals surface area contributed by atoms with Crippen molar-refractivity contribution < 1.29 is 19.4 Å². The summed E-state index contributed by atoms with van der Waals surface area (Å²) in [4.78, 5) is 27.4. The standard InChI is InChI=1S/C20H17N5O4/c1-28-14-8-7-13(9-15(14)29-2)23-19-16-18(22-10-21-16)24-17(25-19)11-3-5-12(6-4-11)20(26)27/h3-10H,1-2H3,(H,26,27)(H2,21,22,23,24,25). The van der Waals surface area contributed by atoms with Gasteiger partial charge in [0.05, 0.1) is 26.1 Å². The van der Waals surface area contributed by atoms with Gasteiger partial charge in [0.2, 0.25) is 0 Å². The van der Waals surface area contributed by atoms with Gasteiger partial charge in [-0.2, -0.15) is 0 Å². The fourth-order valence-electron chi connectivity index (χ4n) is 2.87. The van der Waals surface area contributed by atoms with Crippen LogP contribution >= 0.6 is 0 Å². The average Bonchev–Trinajstić information content (AvgIpc) is 3.22. The van der Waals surface area contributed by atoms with E-state index in [-0.39, 0.29) is 5.56 Å². The highest BCUT2D eigenvalue weighted by molar-refractivity contribution is 5.89. The van der Waals surface area contributed by atoms with Crippen LogP contribution in [0.3, 0.4) is 0 Å². The Morgan fingerprint density at radius 1 is 1.03 bits per heavy atom. The van der Waals surface area contributed by atoms with Crippen LogP contribution in [-0.4, -0.2) is 45.2 Å². The number of H-pyrrole nitrogens is 1. The lowest BCUT2D eigenvalue weighted by Crippen LogP contribution is -2.01. The van der Waals surface area contributed by atoms with Crippen LogP contribution in [0.5, 0.6) is 11.5 Å². The quantitative estimate of drug-likeness (QED) is 0.457. The molecule has 0 amide bonds. The Morgan fingerprint density at radius 2 is 1.79 bits per heavy atom. The van der Waals surface area contributed by atoms with Gasteiger partial charge in [-0.05, 0) is 24.3 Å². The Bertz CT molecular complexity index is 1190. The molecular weight excluding hydrogens is 374 g/mol. The second-order valence-corrected chi connectivity index (χ2v) is 6.07. The Hall–Kier alpha value is -4.14. The van der Waals surface area contributed by atoms with Crippen LogP contribution < -0.4 is 14.8 Å². The van der Waals surface area contributed by atoms with E-state index in [1.807, 2.05) is 6.07 Å². The molecule has 2 aromatic carbocycles. The van der Waals surface area contributed by atoms with E-state index in [0.29, 0.717) is 39.9 Å². The van der Waals surface area contributed by atoms with E-state index >= 15 is 0 Å².